The van der Waals surface area contributed by atoms with Gasteiger partial charge >= 0.3 is 0 Å². The molecule has 1 saturated heterocycles. The number of nitrogens with zero attached hydrogens (tertiary/aromatic N) is 6. The third kappa shape index (κ3) is 3.32. The molecule has 1 fully saturated rings. The molecule has 2 aromatic heterocycles. The zero-order valence-electron chi connectivity index (χ0n) is 13.2. The fourth-order valence-electron chi connectivity index (χ4n) is 2.79. The minimum absolute atomic E-state index is 0.851. The van der Waals surface area contributed by atoms with Gasteiger partial charge in [0.05, 0.1) is 0 Å². The van der Waals surface area contributed by atoms with Gasteiger partial charge < -0.3 is 9.80 Å². The Labute approximate surface area is 131 Å². The van der Waals surface area contributed by atoms with Gasteiger partial charge in [0.15, 0.2) is 5.82 Å². The molecule has 1 aliphatic heterocycles. The van der Waals surface area contributed by atoms with Gasteiger partial charge in [-0.15, -0.1) is 5.10 Å². The van der Waals surface area contributed by atoms with Gasteiger partial charge in [-0.2, -0.15) is 5.10 Å². The maximum atomic E-state index is 4.61. The number of hydrogen-bond acceptors (Lipinski definition) is 6. The molecule has 0 spiro atoms. The monoisotopic (exact) mass is 298 g/mol. The van der Waals surface area contributed by atoms with Gasteiger partial charge in [0.2, 0.25) is 0 Å². The molecular formula is C16H22N6. The van der Waals surface area contributed by atoms with Crippen LogP contribution < -0.4 is 9.80 Å². The molecule has 0 radical (unpaired) electrons. The van der Waals surface area contributed by atoms with E-state index >= 15 is 0 Å². The number of hydrogen-bond donors (Lipinski definition) is 0. The highest BCUT2D eigenvalue weighted by atomic mass is 15.3. The van der Waals surface area contributed by atoms with E-state index in [2.05, 4.69) is 43.0 Å². The van der Waals surface area contributed by atoms with Crippen molar-refractivity contribution in [2.24, 2.45) is 0 Å². The van der Waals surface area contributed by atoms with Gasteiger partial charge in [-0.05, 0) is 31.9 Å². The standard InChI is InChI=1S/C16H22N6/c1-3-14-12-16(19-13(2)18-14)22-9-5-8-21(10-11-22)15-6-4-7-17-20-15/h4,6-7,12H,3,5,8-11H2,1-2H3. The van der Waals surface area contributed by atoms with Crippen LogP contribution in [0, 0.1) is 6.92 Å². The van der Waals surface area contributed by atoms with Crippen molar-refractivity contribution in [3.63, 3.8) is 0 Å². The average Bonchev–Trinajstić information content (AvgIpc) is 2.81. The van der Waals surface area contributed by atoms with Crippen molar-refractivity contribution in [3.05, 3.63) is 35.9 Å². The van der Waals surface area contributed by atoms with Crippen molar-refractivity contribution in [2.45, 2.75) is 26.7 Å². The Kier molecular flexibility index (Phi) is 4.46. The van der Waals surface area contributed by atoms with Gasteiger partial charge in [0.25, 0.3) is 0 Å². The van der Waals surface area contributed by atoms with Gasteiger partial charge in [0, 0.05) is 44.1 Å². The third-order valence-electron chi connectivity index (χ3n) is 3.94. The Bertz CT molecular complexity index is 615. The molecule has 0 aliphatic carbocycles. The molecule has 2 aromatic rings. The van der Waals surface area contributed by atoms with Crippen LogP contribution >= 0.6 is 0 Å². The van der Waals surface area contributed by atoms with E-state index in [0.29, 0.717) is 0 Å². The number of anilines is 2. The summed E-state index contributed by atoms with van der Waals surface area (Å²) < 4.78 is 0. The van der Waals surface area contributed by atoms with Crippen LogP contribution in [0.4, 0.5) is 11.6 Å². The molecule has 116 valence electrons. The van der Waals surface area contributed by atoms with E-state index in [4.69, 9.17) is 0 Å². The topological polar surface area (TPSA) is 58.0 Å². The zero-order chi connectivity index (χ0) is 15.4. The van der Waals surface area contributed by atoms with Crippen LogP contribution in [-0.2, 0) is 6.42 Å². The third-order valence-corrected chi connectivity index (χ3v) is 3.94. The van der Waals surface area contributed by atoms with Crippen LogP contribution in [0.15, 0.2) is 24.4 Å². The van der Waals surface area contributed by atoms with Crippen molar-refractivity contribution in [3.8, 4) is 0 Å². The molecule has 0 saturated carbocycles. The van der Waals surface area contributed by atoms with Crippen molar-refractivity contribution in [1.82, 2.24) is 20.2 Å². The van der Waals surface area contributed by atoms with Gasteiger partial charge in [0.1, 0.15) is 11.6 Å². The van der Waals surface area contributed by atoms with E-state index in [0.717, 1.165) is 62.2 Å². The van der Waals surface area contributed by atoms with Crippen molar-refractivity contribution >= 4 is 11.6 Å². The van der Waals surface area contributed by atoms with E-state index in [1.54, 1.807) is 6.20 Å². The summed E-state index contributed by atoms with van der Waals surface area (Å²) >= 11 is 0. The van der Waals surface area contributed by atoms with E-state index in [1.165, 1.54) is 0 Å². The average molecular weight is 298 g/mol. The lowest BCUT2D eigenvalue weighted by Crippen LogP contribution is -2.31. The number of rotatable bonds is 3. The van der Waals surface area contributed by atoms with Crippen molar-refractivity contribution in [2.75, 3.05) is 36.0 Å². The zero-order valence-corrected chi connectivity index (χ0v) is 13.2. The molecule has 0 unspecified atom stereocenters. The Balaban J connectivity index is 1.74. The maximum absolute atomic E-state index is 4.61. The smallest absolute Gasteiger partial charge is 0.151 e. The Hall–Kier alpha value is -2.24. The lowest BCUT2D eigenvalue weighted by atomic mass is 10.3. The Morgan fingerprint density at radius 2 is 1.82 bits per heavy atom. The molecule has 6 heteroatoms. The lowest BCUT2D eigenvalue weighted by molar-refractivity contribution is 0.783. The van der Waals surface area contributed by atoms with Crippen LogP contribution in [0.1, 0.15) is 24.9 Å². The number of aromatic nitrogens is 4. The van der Waals surface area contributed by atoms with Crippen molar-refractivity contribution < 1.29 is 0 Å². The number of aryl methyl sites for hydroxylation is 2. The van der Waals surface area contributed by atoms with Gasteiger partial charge in [-0.3, -0.25) is 0 Å². The largest absolute Gasteiger partial charge is 0.355 e. The van der Waals surface area contributed by atoms with Crippen LogP contribution in [0.25, 0.3) is 0 Å². The molecule has 0 aromatic carbocycles. The summed E-state index contributed by atoms with van der Waals surface area (Å²) in [7, 11) is 0. The summed E-state index contributed by atoms with van der Waals surface area (Å²) in [5, 5.41) is 8.19. The molecule has 0 amide bonds. The highest BCUT2D eigenvalue weighted by Gasteiger charge is 2.18. The maximum Gasteiger partial charge on any atom is 0.151 e. The van der Waals surface area contributed by atoms with Crippen molar-refractivity contribution in [1.29, 1.82) is 0 Å². The van der Waals surface area contributed by atoms with E-state index in [9.17, 15) is 0 Å². The van der Waals surface area contributed by atoms with Crippen LogP contribution in [0.5, 0.6) is 0 Å². The molecule has 0 bridgehead atoms. The first-order valence-corrected chi connectivity index (χ1v) is 7.88. The molecule has 6 nitrogen and oxygen atoms in total. The SMILES string of the molecule is CCc1cc(N2CCCN(c3cccnn3)CC2)nc(C)n1. The molecule has 3 rings (SSSR count). The quantitative estimate of drug-likeness (QED) is 0.862. The molecule has 0 atom stereocenters. The first-order valence-electron chi connectivity index (χ1n) is 7.88. The highest BCUT2D eigenvalue weighted by Crippen LogP contribution is 2.18. The first-order chi connectivity index (χ1) is 10.8. The normalized spacial score (nSPS) is 15.7. The second-order valence-electron chi connectivity index (χ2n) is 5.53. The Morgan fingerprint density at radius 1 is 1.05 bits per heavy atom. The summed E-state index contributed by atoms with van der Waals surface area (Å²) in [5.74, 6) is 2.85. The molecule has 1 aliphatic rings. The fraction of sp³-hybridized carbons (Fsp3) is 0.500. The van der Waals surface area contributed by atoms with Crippen LogP contribution in [0.2, 0.25) is 0 Å². The lowest BCUT2D eigenvalue weighted by Gasteiger charge is -2.23. The second kappa shape index (κ2) is 6.68. The van der Waals surface area contributed by atoms with E-state index in [1.807, 2.05) is 19.1 Å². The Morgan fingerprint density at radius 3 is 2.50 bits per heavy atom. The predicted octanol–water partition coefficient (Wildman–Crippen LogP) is 1.85. The first kappa shape index (κ1) is 14.7. The molecule has 0 N–H and O–H groups in total. The fourth-order valence-corrected chi connectivity index (χ4v) is 2.79. The van der Waals surface area contributed by atoms with E-state index < -0.39 is 0 Å². The summed E-state index contributed by atoms with van der Waals surface area (Å²) in [6.07, 6.45) is 3.74. The molecule has 22 heavy (non-hydrogen) atoms. The minimum atomic E-state index is 0.851. The summed E-state index contributed by atoms with van der Waals surface area (Å²) in [6, 6.07) is 6.07. The summed E-state index contributed by atoms with van der Waals surface area (Å²) in [6.45, 7) is 7.98. The van der Waals surface area contributed by atoms with Gasteiger partial charge in [-0.1, -0.05) is 6.92 Å². The predicted molar refractivity (Wildman–Crippen MR) is 87.2 cm³/mol. The summed E-state index contributed by atoms with van der Waals surface area (Å²) in [4.78, 5) is 13.7. The summed E-state index contributed by atoms with van der Waals surface area (Å²) in [5.41, 5.74) is 1.11. The minimum Gasteiger partial charge on any atom is -0.355 e. The van der Waals surface area contributed by atoms with Crippen LogP contribution in [-0.4, -0.2) is 46.3 Å². The highest BCUT2D eigenvalue weighted by molar-refractivity contribution is 5.43. The van der Waals surface area contributed by atoms with E-state index in [-0.39, 0.29) is 0 Å². The molecular weight excluding hydrogens is 276 g/mol. The molecule has 3 heterocycles. The van der Waals surface area contributed by atoms with Crippen LogP contribution in [0.3, 0.4) is 0 Å². The second-order valence-corrected chi connectivity index (χ2v) is 5.53. The van der Waals surface area contributed by atoms with Gasteiger partial charge in [-0.25, -0.2) is 9.97 Å².